The van der Waals surface area contributed by atoms with E-state index < -0.39 is 5.97 Å². The van der Waals surface area contributed by atoms with E-state index >= 15 is 0 Å². The first-order valence-corrected chi connectivity index (χ1v) is 11.0. The number of thiazole rings is 1. The number of carbonyl (C=O) groups is 1. The summed E-state index contributed by atoms with van der Waals surface area (Å²) in [6.45, 7) is 10.4. The Bertz CT molecular complexity index is 1140. The molecule has 8 nitrogen and oxygen atoms in total. The van der Waals surface area contributed by atoms with E-state index in [0.717, 1.165) is 30.0 Å². The molecule has 0 fully saturated rings. The predicted molar refractivity (Wildman–Crippen MR) is 122 cm³/mol. The topological polar surface area (TPSA) is 108 Å². The molecule has 0 radical (unpaired) electrons. The van der Waals surface area contributed by atoms with E-state index in [4.69, 9.17) is 4.74 Å². The zero-order valence-electron chi connectivity index (χ0n) is 18.3. The molecule has 2 N–H and O–H groups in total. The second kappa shape index (κ2) is 11.3. The fraction of sp³-hybridized carbons (Fsp3) is 0.409. The van der Waals surface area contributed by atoms with Gasteiger partial charge in [0.15, 0.2) is 5.57 Å². The molecule has 0 spiro atoms. The van der Waals surface area contributed by atoms with Gasteiger partial charge in [0.1, 0.15) is 21.0 Å². The number of nitriles is 1. The third-order valence-electron chi connectivity index (χ3n) is 4.77. The summed E-state index contributed by atoms with van der Waals surface area (Å²) in [6, 6.07) is 7.03. The molecule has 31 heavy (non-hydrogen) atoms. The average Bonchev–Trinajstić information content (AvgIpc) is 3.07. The van der Waals surface area contributed by atoms with E-state index in [1.807, 2.05) is 12.1 Å². The van der Waals surface area contributed by atoms with Gasteiger partial charge in [-0.15, -0.1) is 11.3 Å². The van der Waals surface area contributed by atoms with Gasteiger partial charge in [-0.25, -0.2) is 4.79 Å². The lowest BCUT2D eigenvalue weighted by atomic mass is 10.1. The minimum absolute atomic E-state index is 0.142. The maximum atomic E-state index is 12.8. The number of nitrogens with one attached hydrogen (secondary N) is 1. The summed E-state index contributed by atoms with van der Waals surface area (Å²) < 4.78 is 6.95. The highest BCUT2D eigenvalue weighted by Crippen LogP contribution is 2.23. The molecule has 0 amide bonds. The third kappa shape index (κ3) is 5.75. The molecule has 1 heterocycles. The SMILES string of the molecule is CCOC(=O)/C(C#N)=c1/s/c(=C/Nc2ccc(O)c(CN(CC)CC)c2)c(=O)n1CC. The number of hydrogen-bond donors (Lipinski definition) is 2. The summed E-state index contributed by atoms with van der Waals surface area (Å²) in [5.41, 5.74) is 1.01. The minimum Gasteiger partial charge on any atom is -0.508 e. The van der Waals surface area contributed by atoms with E-state index in [1.54, 1.807) is 32.2 Å². The Morgan fingerprint density at radius 3 is 2.61 bits per heavy atom. The van der Waals surface area contributed by atoms with E-state index in [1.165, 1.54) is 4.57 Å². The third-order valence-corrected chi connectivity index (χ3v) is 5.90. The zero-order valence-corrected chi connectivity index (χ0v) is 19.1. The van der Waals surface area contributed by atoms with Crippen LogP contribution in [-0.4, -0.2) is 40.2 Å². The molecule has 9 heteroatoms. The van der Waals surface area contributed by atoms with Crippen molar-refractivity contribution in [3.8, 4) is 11.8 Å². The number of nitrogens with zero attached hydrogens (tertiary/aromatic N) is 3. The lowest BCUT2D eigenvalue weighted by Crippen LogP contribution is -2.32. The van der Waals surface area contributed by atoms with Gasteiger partial charge in [0, 0.05) is 30.5 Å². The Balaban J connectivity index is 2.47. The summed E-state index contributed by atoms with van der Waals surface area (Å²) in [4.78, 5) is 27.1. The molecular formula is C22H28N4O4S. The predicted octanol–water partition coefficient (Wildman–Crippen LogP) is 1.56. The smallest absolute Gasteiger partial charge is 0.351 e. The number of esters is 1. The quantitative estimate of drug-likeness (QED) is 0.446. The molecule has 0 aliphatic rings. The van der Waals surface area contributed by atoms with Crippen molar-refractivity contribution < 1.29 is 14.6 Å². The fourth-order valence-corrected chi connectivity index (χ4v) is 4.09. The largest absolute Gasteiger partial charge is 0.508 e. The van der Waals surface area contributed by atoms with Crippen LogP contribution in [0, 0.1) is 11.3 Å². The van der Waals surface area contributed by atoms with Crippen molar-refractivity contribution in [2.24, 2.45) is 0 Å². The number of hydrogen-bond acceptors (Lipinski definition) is 8. The number of aromatic hydroxyl groups is 1. The lowest BCUT2D eigenvalue weighted by molar-refractivity contribution is -0.136. The molecule has 0 bridgehead atoms. The fourth-order valence-electron chi connectivity index (χ4n) is 3.02. The van der Waals surface area contributed by atoms with Gasteiger partial charge in [0.2, 0.25) is 0 Å². The number of anilines is 1. The molecule has 1 aromatic heterocycles. The van der Waals surface area contributed by atoms with Crippen molar-refractivity contribution in [1.29, 1.82) is 5.26 Å². The molecule has 2 rings (SSSR count). The van der Waals surface area contributed by atoms with Gasteiger partial charge < -0.3 is 15.2 Å². The molecule has 0 unspecified atom stereocenters. The van der Waals surface area contributed by atoms with E-state index in [2.05, 4.69) is 24.1 Å². The second-order valence-electron chi connectivity index (χ2n) is 6.62. The van der Waals surface area contributed by atoms with Gasteiger partial charge in [-0.2, -0.15) is 5.26 Å². The molecular weight excluding hydrogens is 416 g/mol. The lowest BCUT2D eigenvalue weighted by Gasteiger charge is -2.19. The molecule has 166 valence electrons. The summed E-state index contributed by atoms with van der Waals surface area (Å²) >= 11 is 1.06. The van der Waals surface area contributed by atoms with Crippen molar-refractivity contribution in [3.05, 3.63) is 43.3 Å². The van der Waals surface area contributed by atoms with Crippen molar-refractivity contribution in [3.63, 3.8) is 0 Å². The Kier molecular flexibility index (Phi) is 8.85. The first kappa shape index (κ1) is 24.2. The molecule has 1 aromatic carbocycles. The number of carbonyl (C=O) groups excluding carboxylic acids is 1. The highest BCUT2D eigenvalue weighted by Gasteiger charge is 2.16. The van der Waals surface area contributed by atoms with Crippen LogP contribution in [-0.2, 0) is 22.6 Å². The van der Waals surface area contributed by atoms with Crippen LogP contribution >= 0.6 is 11.3 Å². The van der Waals surface area contributed by atoms with Crippen LogP contribution in [0.25, 0.3) is 11.8 Å². The Morgan fingerprint density at radius 2 is 2.03 bits per heavy atom. The first-order valence-electron chi connectivity index (χ1n) is 10.2. The molecule has 0 aliphatic heterocycles. The zero-order chi connectivity index (χ0) is 23.0. The maximum absolute atomic E-state index is 12.8. The summed E-state index contributed by atoms with van der Waals surface area (Å²) in [7, 11) is 0. The van der Waals surface area contributed by atoms with Crippen molar-refractivity contribution in [2.75, 3.05) is 25.0 Å². The number of aromatic nitrogens is 1. The summed E-state index contributed by atoms with van der Waals surface area (Å²) in [6.07, 6.45) is 1.55. The highest BCUT2D eigenvalue weighted by atomic mass is 32.1. The number of ether oxygens (including phenoxy) is 1. The van der Waals surface area contributed by atoms with Gasteiger partial charge in [0.25, 0.3) is 5.56 Å². The number of phenolic OH excluding ortho intramolecular Hbond substituents is 1. The minimum atomic E-state index is -0.743. The Morgan fingerprint density at radius 1 is 1.32 bits per heavy atom. The van der Waals surface area contributed by atoms with Gasteiger partial charge >= 0.3 is 5.97 Å². The monoisotopic (exact) mass is 444 g/mol. The molecule has 0 saturated heterocycles. The van der Waals surface area contributed by atoms with Crippen molar-refractivity contribution in [1.82, 2.24) is 9.47 Å². The second-order valence-corrected chi connectivity index (χ2v) is 7.65. The summed E-state index contributed by atoms with van der Waals surface area (Å²) in [5, 5.41) is 22.7. The van der Waals surface area contributed by atoms with E-state index in [0.29, 0.717) is 23.3 Å². The number of rotatable bonds is 9. The van der Waals surface area contributed by atoms with Crippen LogP contribution in [0.3, 0.4) is 0 Å². The number of benzene rings is 1. The van der Waals surface area contributed by atoms with Crippen LogP contribution < -0.4 is 20.1 Å². The summed E-state index contributed by atoms with van der Waals surface area (Å²) in [5.74, 6) is -0.528. The van der Waals surface area contributed by atoms with Crippen LogP contribution in [0.15, 0.2) is 23.0 Å². The molecule has 0 aliphatic carbocycles. The van der Waals surface area contributed by atoms with E-state index in [-0.39, 0.29) is 28.2 Å². The van der Waals surface area contributed by atoms with E-state index in [9.17, 15) is 20.0 Å². The molecule has 2 aromatic rings. The maximum Gasteiger partial charge on any atom is 0.351 e. The van der Waals surface area contributed by atoms with Crippen LogP contribution in [0.4, 0.5) is 5.69 Å². The number of phenols is 1. The molecule has 0 atom stereocenters. The average molecular weight is 445 g/mol. The normalized spacial score (nSPS) is 12.6. The van der Waals surface area contributed by atoms with Gasteiger partial charge in [-0.1, -0.05) is 13.8 Å². The Hall–Kier alpha value is -3.09. The van der Waals surface area contributed by atoms with Gasteiger partial charge in [0.05, 0.1) is 6.61 Å². The van der Waals surface area contributed by atoms with Crippen molar-refractivity contribution in [2.45, 2.75) is 40.8 Å². The van der Waals surface area contributed by atoms with Gasteiger partial charge in [-0.05, 0) is 45.1 Å². The van der Waals surface area contributed by atoms with Crippen LogP contribution in [0.5, 0.6) is 5.75 Å². The first-order chi connectivity index (χ1) is 14.9. The molecule has 0 saturated carbocycles. The van der Waals surface area contributed by atoms with Crippen LogP contribution in [0.1, 0.15) is 33.3 Å². The standard InChI is InChI=1S/C22H28N4O4S/c1-5-25(6-2)14-15-11-16(9-10-18(15)27)24-13-19-20(28)26(7-3)21(31-19)17(12-23)22(29)30-8-4/h9-11,13,24,27H,5-8,14H2,1-4H3/b19-13+,21-17+. The van der Waals surface area contributed by atoms with Gasteiger partial charge in [-0.3, -0.25) is 14.3 Å². The highest BCUT2D eigenvalue weighted by molar-refractivity contribution is 7.07. The Labute approximate surface area is 185 Å². The van der Waals surface area contributed by atoms with Crippen molar-refractivity contribution >= 4 is 34.8 Å². The van der Waals surface area contributed by atoms with Crippen LogP contribution in [0.2, 0.25) is 0 Å².